The van der Waals surface area contributed by atoms with Gasteiger partial charge in [-0.1, -0.05) is 6.92 Å². The van der Waals surface area contributed by atoms with Crippen molar-refractivity contribution in [2.45, 2.75) is 25.9 Å². The van der Waals surface area contributed by atoms with Gasteiger partial charge in [-0.05, 0) is 36.4 Å². The number of nitrogens with zero attached hydrogens (tertiary/aromatic N) is 1. The number of aliphatic hydroxyl groups is 1. The summed E-state index contributed by atoms with van der Waals surface area (Å²) in [6, 6.07) is 5.91. The lowest BCUT2D eigenvalue weighted by molar-refractivity contribution is 0.164. The van der Waals surface area contributed by atoms with Gasteiger partial charge in [-0.2, -0.15) is 0 Å². The summed E-state index contributed by atoms with van der Waals surface area (Å²) in [5, 5.41) is 15.0. The minimum absolute atomic E-state index is 0.267. The van der Waals surface area contributed by atoms with Gasteiger partial charge in [0.2, 0.25) is 0 Å². The Labute approximate surface area is 123 Å². The standard InChI is InChI=1S/C16H20N2O3/c1-2-12(19)4-6-18-16-13-10-15-14(20-7-8-21-15)9-11(13)3-5-17-16/h3,5,9-10,12,19H,2,4,6-8H2,1H3,(H,17,18). The van der Waals surface area contributed by atoms with Crippen LogP contribution in [-0.2, 0) is 0 Å². The van der Waals surface area contributed by atoms with Crippen LogP contribution in [0, 0.1) is 0 Å². The Bertz CT molecular complexity index is 630. The second-order valence-electron chi connectivity index (χ2n) is 5.15. The Morgan fingerprint density at radius 3 is 2.81 bits per heavy atom. The molecule has 0 aliphatic carbocycles. The van der Waals surface area contributed by atoms with Crippen molar-refractivity contribution in [2.75, 3.05) is 25.1 Å². The molecule has 112 valence electrons. The molecule has 0 saturated carbocycles. The highest BCUT2D eigenvalue weighted by molar-refractivity contribution is 5.94. The van der Waals surface area contributed by atoms with Gasteiger partial charge in [0.1, 0.15) is 19.0 Å². The Morgan fingerprint density at radius 2 is 2.05 bits per heavy atom. The lowest BCUT2D eigenvalue weighted by atomic mass is 10.1. The highest BCUT2D eigenvalue weighted by Crippen LogP contribution is 2.36. The van der Waals surface area contributed by atoms with E-state index in [9.17, 15) is 5.11 Å². The first-order valence-electron chi connectivity index (χ1n) is 7.38. The second-order valence-corrected chi connectivity index (χ2v) is 5.15. The van der Waals surface area contributed by atoms with E-state index in [1.165, 1.54) is 0 Å². The van der Waals surface area contributed by atoms with Crippen LogP contribution in [0.25, 0.3) is 10.8 Å². The van der Waals surface area contributed by atoms with Crippen LogP contribution in [0.3, 0.4) is 0 Å². The topological polar surface area (TPSA) is 63.6 Å². The number of aliphatic hydroxyl groups excluding tert-OH is 1. The number of aromatic nitrogens is 1. The van der Waals surface area contributed by atoms with Gasteiger partial charge in [-0.3, -0.25) is 0 Å². The maximum atomic E-state index is 9.61. The molecule has 1 aromatic carbocycles. The summed E-state index contributed by atoms with van der Waals surface area (Å²) in [5.74, 6) is 2.36. The summed E-state index contributed by atoms with van der Waals surface area (Å²) in [5.41, 5.74) is 0. The van der Waals surface area contributed by atoms with E-state index in [-0.39, 0.29) is 6.10 Å². The van der Waals surface area contributed by atoms with Gasteiger partial charge in [-0.25, -0.2) is 4.98 Å². The molecule has 0 bridgehead atoms. The number of anilines is 1. The molecular weight excluding hydrogens is 268 g/mol. The van der Waals surface area contributed by atoms with Gasteiger partial charge in [0.15, 0.2) is 11.5 Å². The maximum Gasteiger partial charge on any atom is 0.162 e. The van der Waals surface area contributed by atoms with Crippen LogP contribution in [0.15, 0.2) is 24.4 Å². The molecule has 0 spiro atoms. The van der Waals surface area contributed by atoms with E-state index < -0.39 is 0 Å². The molecule has 5 heteroatoms. The Balaban J connectivity index is 1.85. The summed E-state index contributed by atoms with van der Waals surface area (Å²) in [6.07, 6.45) is 2.98. The van der Waals surface area contributed by atoms with Crippen LogP contribution in [0.4, 0.5) is 5.82 Å². The Hall–Kier alpha value is -2.01. The predicted octanol–water partition coefficient (Wildman–Crippen LogP) is 2.58. The first-order chi connectivity index (χ1) is 10.3. The molecule has 0 amide bonds. The molecule has 21 heavy (non-hydrogen) atoms. The number of fused-ring (bicyclic) bond motifs is 2. The van der Waals surface area contributed by atoms with Gasteiger partial charge in [0, 0.05) is 18.1 Å². The average Bonchev–Trinajstić information content (AvgIpc) is 2.53. The van der Waals surface area contributed by atoms with Crippen molar-refractivity contribution in [3.8, 4) is 11.5 Å². The van der Waals surface area contributed by atoms with Crippen LogP contribution in [0.2, 0.25) is 0 Å². The van der Waals surface area contributed by atoms with E-state index in [0.717, 1.165) is 34.5 Å². The quantitative estimate of drug-likeness (QED) is 0.885. The van der Waals surface area contributed by atoms with Crippen molar-refractivity contribution in [2.24, 2.45) is 0 Å². The van der Waals surface area contributed by atoms with Crippen LogP contribution < -0.4 is 14.8 Å². The van der Waals surface area contributed by atoms with Crippen molar-refractivity contribution in [3.05, 3.63) is 24.4 Å². The molecule has 1 atom stereocenters. The number of benzene rings is 1. The number of nitrogens with one attached hydrogen (secondary N) is 1. The van der Waals surface area contributed by atoms with Crippen LogP contribution >= 0.6 is 0 Å². The molecule has 1 aliphatic rings. The predicted molar refractivity (Wildman–Crippen MR) is 82.1 cm³/mol. The van der Waals surface area contributed by atoms with Crippen molar-refractivity contribution >= 4 is 16.6 Å². The normalized spacial score (nSPS) is 15.0. The van der Waals surface area contributed by atoms with Crippen LogP contribution in [-0.4, -0.2) is 36.0 Å². The fourth-order valence-corrected chi connectivity index (χ4v) is 2.41. The molecule has 1 unspecified atom stereocenters. The van der Waals surface area contributed by atoms with Crippen molar-refractivity contribution in [3.63, 3.8) is 0 Å². The minimum atomic E-state index is -0.267. The third kappa shape index (κ3) is 3.03. The largest absolute Gasteiger partial charge is 0.486 e. The SMILES string of the molecule is CCC(O)CCNc1nccc2cc3c(cc12)OCCO3. The monoisotopic (exact) mass is 288 g/mol. The zero-order valence-corrected chi connectivity index (χ0v) is 12.1. The third-order valence-corrected chi connectivity index (χ3v) is 3.67. The first-order valence-corrected chi connectivity index (χ1v) is 7.38. The molecule has 2 N–H and O–H groups in total. The van der Waals surface area contributed by atoms with E-state index >= 15 is 0 Å². The third-order valence-electron chi connectivity index (χ3n) is 3.67. The van der Waals surface area contributed by atoms with Gasteiger partial charge in [0.25, 0.3) is 0 Å². The second kappa shape index (κ2) is 6.18. The van der Waals surface area contributed by atoms with E-state index in [4.69, 9.17) is 9.47 Å². The summed E-state index contributed by atoms with van der Waals surface area (Å²) < 4.78 is 11.2. The molecule has 5 nitrogen and oxygen atoms in total. The molecular formula is C16H20N2O3. The molecule has 1 aromatic heterocycles. The maximum absolute atomic E-state index is 9.61. The highest BCUT2D eigenvalue weighted by atomic mass is 16.6. The molecule has 0 radical (unpaired) electrons. The number of hydrogen-bond donors (Lipinski definition) is 2. The zero-order valence-electron chi connectivity index (χ0n) is 12.1. The molecule has 2 aromatic rings. The van der Waals surface area contributed by atoms with Crippen molar-refractivity contribution < 1.29 is 14.6 Å². The van der Waals surface area contributed by atoms with E-state index in [0.29, 0.717) is 26.2 Å². The van der Waals surface area contributed by atoms with Crippen LogP contribution in [0.1, 0.15) is 19.8 Å². The van der Waals surface area contributed by atoms with Crippen molar-refractivity contribution in [1.29, 1.82) is 0 Å². The summed E-state index contributed by atoms with van der Waals surface area (Å²) >= 11 is 0. The average molecular weight is 288 g/mol. The molecule has 2 heterocycles. The fraction of sp³-hybridized carbons (Fsp3) is 0.438. The van der Waals surface area contributed by atoms with Gasteiger partial charge < -0.3 is 19.9 Å². The number of pyridine rings is 1. The Kier molecular flexibility index (Phi) is 4.10. The zero-order chi connectivity index (χ0) is 14.7. The molecule has 0 saturated heterocycles. The smallest absolute Gasteiger partial charge is 0.162 e. The van der Waals surface area contributed by atoms with Gasteiger partial charge >= 0.3 is 0 Å². The number of ether oxygens (including phenoxy) is 2. The minimum Gasteiger partial charge on any atom is -0.486 e. The van der Waals surface area contributed by atoms with E-state index in [1.807, 2.05) is 25.1 Å². The first kappa shape index (κ1) is 13.9. The van der Waals surface area contributed by atoms with Gasteiger partial charge in [0.05, 0.1) is 6.10 Å². The Morgan fingerprint density at radius 1 is 1.29 bits per heavy atom. The lowest BCUT2D eigenvalue weighted by Crippen LogP contribution is -2.15. The number of rotatable bonds is 5. The molecule has 3 rings (SSSR count). The summed E-state index contributed by atoms with van der Waals surface area (Å²) in [6.45, 7) is 3.83. The van der Waals surface area contributed by atoms with Crippen LogP contribution in [0.5, 0.6) is 11.5 Å². The van der Waals surface area contributed by atoms with E-state index in [1.54, 1.807) is 6.20 Å². The highest BCUT2D eigenvalue weighted by Gasteiger charge is 2.14. The number of hydrogen-bond acceptors (Lipinski definition) is 5. The molecule has 0 fully saturated rings. The molecule has 1 aliphatic heterocycles. The van der Waals surface area contributed by atoms with E-state index in [2.05, 4.69) is 10.3 Å². The van der Waals surface area contributed by atoms with Crippen molar-refractivity contribution in [1.82, 2.24) is 4.98 Å². The lowest BCUT2D eigenvalue weighted by Gasteiger charge is -2.19. The summed E-state index contributed by atoms with van der Waals surface area (Å²) in [4.78, 5) is 4.39. The van der Waals surface area contributed by atoms with Gasteiger partial charge in [-0.15, -0.1) is 0 Å². The summed E-state index contributed by atoms with van der Waals surface area (Å²) in [7, 11) is 0. The fourth-order valence-electron chi connectivity index (χ4n) is 2.41.